The topological polar surface area (TPSA) is 75.3 Å². The van der Waals surface area contributed by atoms with Gasteiger partial charge < -0.3 is 16.2 Å². The number of nitrogens with one attached hydrogen (secondary N) is 1. The molecule has 4 N–H and O–H groups in total. The van der Waals surface area contributed by atoms with E-state index in [1.54, 1.807) is 24.3 Å². The third-order valence-electron chi connectivity index (χ3n) is 6.06. The van der Waals surface area contributed by atoms with E-state index in [1.165, 1.54) is 6.07 Å². The number of carboxylic acids is 1. The van der Waals surface area contributed by atoms with Crippen molar-refractivity contribution in [2.75, 3.05) is 6.54 Å². The second kappa shape index (κ2) is 8.99. The highest BCUT2D eigenvalue weighted by Crippen LogP contribution is 2.53. The molecule has 2 aromatic carbocycles. The molecule has 168 valence electrons. The summed E-state index contributed by atoms with van der Waals surface area (Å²) < 4.78 is 16.0. The summed E-state index contributed by atoms with van der Waals surface area (Å²) in [4.78, 5) is 12.4. The van der Waals surface area contributed by atoms with E-state index in [9.17, 15) is 9.90 Å². The van der Waals surface area contributed by atoms with Crippen LogP contribution in [0.2, 0.25) is 10.0 Å². The molecular formula is C23H26BrCl2FN2O2. The Balaban J connectivity index is 2.36. The van der Waals surface area contributed by atoms with E-state index in [-0.39, 0.29) is 28.6 Å². The van der Waals surface area contributed by atoms with E-state index in [4.69, 9.17) is 28.9 Å². The molecule has 0 aromatic heterocycles. The molecular weight excluding hydrogens is 506 g/mol. The Morgan fingerprint density at radius 2 is 1.97 bits per heavy atom. The molecule has 4 nitrogen and oxygen atoms in total. The Morgan fingerprint density at radius 3 is 2.52 bits per heavy atom. The largest absolute Gasteiger partial charge is 0.480 e. The number of hydrogen-bond donors (Lipinski definition) is 3. The van der Waals surface area contributed by atoms with Gasteiger partial charge in [-0.25, -0.2) is 4.39 Å². The summed E-state index contributed by atoms with van der Waals surface area (Å²) in [5, 5.41) is 13.9. The smallest absolute Gasteiger partial charge is 0.321 e. The Kier molecular flexibility index (Phi) is 7.09. The predicted octanol–water partition coefficient (Wildman–Crippen LogP) is 5.74. The number of carboxylic acid groups (broad SMARTS) is 1. The minimum Gasteiger partial charge on any atom is -0.480 e. The Morgan fingerprint density at radius 1 is 1.29 bits per heavy atom. The SMILES string of the molecule is CC(C)(C)CC1NC(C(=O)O)C(c2cccc(Cl)c2F)C1(CN)c1ccc(Cl)cc1Br. The molecule has 1 fully saturated rings. The molecule has 0 spiro atoms. The second-order valence-electron chi connectivity index (χ2n) is 9.29. The van der Waals surface area contributed by atoms with Crippen LogP contribution >= 0.6 is 39.1 Å². The zero-order chi connectivity index (χ0) is 23.1. The first-order chi connectivity index (χ1) is 14.4. The van der Waals surface area contributed by atoms with Crippen molar-refractivity contribution in [3.8, 4) is 0 Å². The van der Waals surface area contributed by atoms with Gasteiger partial charge in [0.2, 0.25) is 0 Å². The molecule has 2 aromatic rings. The van der Waals surface area contributed by atoms with Crippen molar-refractivity contribution in [2.45, 2.75) is 50.6 Å². The van der Waals surface area contributed by atoms with Crippen LogP contribution in [0.5, 0.6) is 0 Å². The standard InChI is InChI=1S/C23H26BrCl2FN2O2/c1-22(2,3)10-17-23(11-28,14-8-7-12(25)9-15(14)24)18(20(29-17)21(30)31)13-5-4-6-16(26)19(13)27/h4-9,17-18,20,29H,10-11,28H2,1-3H3,(H,30,31). The van der Waals surface area contributed by atoms with Gasteiger partial charge in [0.15, 0.2) is 0 Å². The van der Waals surface area contributed by atoms with Crippen LogP contribution in [0.15, 0.2) is 40.9 Å². The van der Waals surface area contributed by atoms with Crippen LogP contribution in [-0.4, -0.2) is 29.7 Å². The van der Waals surface area contributed by atoms with Crippen molar-refractivity contribution in [1.29, 1.82) is 0 Å². The maximum atomic E-state index is 15.3. The quantitative estimate of drug-likeness (QED) is 0.460. The molecule has 31 heavy (non-hydrogen) atoms. The van der Waals surface area contributed by atoms with Gasteiger partial charge in [-0.05, 0) is 41.2 Å². The molecule has 1 aliphatic rings. The Hall–Kier alpha value is -1.18. The molecule has 3 rings (SSSR count). The average Bonchev–Trinajstić information content (AvgIpc) is 2.97. The number of aliphatic carboxylic acids is 1. The highest BCUT2D eigenvalue weighted by Gasteiger charge is 2.59. The lowest BCUT2D eigenvalue weighted by Gasteiger charge is -2.42. The molecule has 1 saturated heterocycles. The number of rotatable bonds is 5. The molecule has 0 bridgehead atoms. The molecule has 0 amide bonds. The molecule has 0 aliphatic carbocycles. The summed E-state index contributed by atoms with van der Waals surface area (Å²) in [6.07, 6.45) is 0.627. The van der Waals surface area contributed by atoms with E-state index in [0.29, 0.717) is 15.9 Å². The van der Waals surface area contributed by atoms with Crippen LogP contribution in [-0.2, 0) is 10.2 Å². The van der Waals surface area contributed by atoms with Gasteiger partial charge in [-0.15, -0.1) is 0 Å². The zero-order valence-corrected chi connectivity index (χ0v) is 20.7. The summed E-state index contributed by atoms with van der Waals surface area (Å²) in [7, 11) is 0. The first kappa shape index (κ1) is 24.5. The fraction of sp³-hybridized carbons (Fsp3) is 0.435. The lowest BCUT2D eigenvalue weighted by atomic mass is 9.62. The van der Waals surface area contributed by atoms with Crippen molar-refractivity contribution in [1.82, 2.24) is 5.32 Å². The average molecular weight is 532 g/mol. The molecule has 0 radical (unpaired) electrons. The van der Waals surface area contributed by atoms with Crippen LogP contribution in [0.3, 0.4) is 0 Å². The third-order valence-corrected chi connectivity index (χ3v) is 7.24. The van der Waals surface area contributed by atoms with Gasteiger partial charge in [-0.3, -0.25) is 4.79 Å². The molecule has 0 saturated carbocycles. The van der Waals surface area contributed by atoms with Crippen LogP contribution < -0.4 is 11.1 Å². The van der Waals surface area contributed by atoms with Gasteiger partial charge in [0.1, 0.15) is 11.9 Å². The van der Waals surface area contributed by atoms with Gasteiger partial charge in [-0.1, -0.05) is 78.1 Å². The van der Waals surface area contributed by atoms with Crippen LogP contribution in [0.1, 0.15) is 44.2 Å². The molecule has 1 aliphatic heterocycles. The first-order valence-corrected chi connectivity index (χ1v) is 11.6. The van der Waals surface area contributed by atoms with Crippen molar-refractivity contribution in [2.24, 2.45) is 11.1 Å². The number of carbonyl (C=O) groups is 1. The summed E-state index contributed by atoms with van der Waals surface area (Å²) >= 11 is 15.9. The summed E-state index contributed by atoms with van der Waals surface area (Å²) in [5.74, 6) is -2.48. The van der Waals surface area contributed by atoms with Crippen LogP contribution in [0, 0.1) is 11.2 Å². The normalized spacial score (nSPS) is 26.3. The van der Waals surface area contributed by atoms with E-state index in [2.05, 4.69) is 42.0 Å². The van der Waals surface area contributed by atoms with E-state index in [1.807, 2.05) is 6.07 Å². The number of hydrogen-bond acceptors (Lipinski definition) is 3. The monoisotopic (exact) mass is 530 g/mol. The van der Waals surface area contributed by atoms with Crippen molar-refractivity contribution in [3.63, 3.8) is 0 Å². The van der Waals surface area contributed by atoms with Gasteiger partial charge in [0, 0.05) is 33.4 Å². The summed E-state index contributed by atoms with van der Waals surface area (Å²) in [5.41, 5.74) is 6.41. The number of nitrogens with two attached hydrogens (primary N) is 1. The molecule has 4 atom stereocenters. The molecule has 4 unspecified atom stereocenters. The van der Waals surface area contributed by atoms with Gasteiger partial charge >= 0.3 is 5.97 Å². The minimum atomic E-state index is -1.07. The van der Waals surface area contributed by atoms with E-state index >= 15 is 4.39 Å². The summed E-state index contributed by atoms with van der Waals surface area (Å²) in [6.45, 7) is 6.34. The third kappa shape index (κ3) is 4.51. The van der Waals surface area contributed by atoms with Gasteiger partial charge in [0.25, 0.3) is 0 Å². The van der Waals surface area contributed by atoms with Crippen molar-refractivity contribution in [3.05, 3.63) is 67.9 Å². The number of benzene rings is 2. The fourth-order valence-corrected chi connectivity index (χ4v) is 6.10. The van der Waals surface area contributed by atoms with E-state index < -0.39 is 29.2 Å². The molecule has 1 heterocycles. The highest BCUT2D eigenvalue weighted by molar-refractivity contribution is 9.10. The van der Waals surface area contributed by atoms with Gasteiger partial charge in [-0.2, -0.15) is 0 Å². The van der Waals surface area contributed by atoms with Crippen molar-refractivity contribution >= 4 is 45.1 Å². The Labute approximate surface area is 200 Å². The van der Waals surface area contributed by atoms with Crippen LogP contribution in [0.25, 0.3) is 0 Å². The predicted molar refractivity (Wildman–Crippen MR) is 126 cm³/mol. The van der Waals surface area contributed by atoms with Crippen molar-refractivity contribution < 1.29 is 14.3 Å². The zero-order valence-electron chi connectivity index (χ0n) is 17.6. The molecule has 8 heteroatoms. The maximum Gasteiger partial charge on any atom is 0.321 e. The fourth-order valence-electron chi connectivity index (χ4n) is 4.86. The Bertz CT molecular complexity index is 998. The second-order valence-corrected chi connectivity index (χ2v) is 11.0. The van der Waals surface area contributed by atoms with E-state index in [0.717, 1.165) is 5.56 Å². The first-order valence-electron chi connectivity index (χ1n) is 10.0. The highest BCUT2D eigenvalue weighted by atomic mass is 79.9. The number of halogens is 4. The van der Waals surface area contributed by atoms with Gasteiger partial charge in [0.05, 0.1) is 5.02 Å². The lowest BCUT2D eigenvalue weighted by Crippen LogP contribution is -2.50. The summed E-state index contributed by atoms with van der Waals surface area (Å²) in [6, 6.07) is 8.63. The minimum absolute atomic E-state index is 0.0537. The lowest BCUT2D eigenvalue weighted by molar-refractivity contribution is -0.139. The van der Waals surface area contributed by atoms with Crippen LogP contribution in [0.4, 0.5) is 4.39 Å². The maximum absolute atomic E-state index is 15.3.